The standard InChI is InChI=1S/C18H37N5.HI/c1-4-22-13-9-17(15-22)14-21-18(19-3)20-10-7-12-23-11-6-5-8-16(23)2;/h16-17H,4-15H2,1-3H3,(H2,19,20,21);1H. The fraction of sp³-hybridized carbons (Fsp3) is 0.944. The minimum Gasteiger partial charge on any atom is -0.356 e. The highest BCUT2D eigenvalue weighted by molar-refractivity contribution is 14.0. The molecule has 0 spiro atoms. The molecule has 2 saturated heterocycles. The van der Waals surface area contributed by atoms with Gasteiger partial charge in [-0.2, -0.15) is 0 Å². The van der Waals surface area contributed by atoms with Gasteiger partial charge < -0.3 is 20.4 Å². The number of aliphatic imine (C=N–C) groups is 1. The molecule has 0 bridgehead atoms. The van der Waals surface area contributed by atoms with Gasteiger partial charge >= 0.3 is 0 Å². The van der Waals surface area contributed by atoms with Gasteiger partial charge in [0.05, 0.1) is 0 Å². The van der Waals surface area contributed by atoms with Crippen LogP contribution in [0, 0.1) is 5.92 Å². The number of guanidine groups is 1. The molecule has 0 aromatic carbocycles. The summed E-state index contributed by atoms with van der Waals surface area (Å²) >= 11 is 0. The van der Waals surface area contributed by atoms with Crippen LogP contribution in [0.1, 0.15) is 46.0 Å². The van der Waals surface area contributed by atoms with E-state index < -0.39 is 0 Å². The third-order valence-electron chi connectivity index (χ3n) is 5.45. The van der Waals surface area contributed by atoms with Gasteiger partial charge in [-0.15, -0.1) is 24.0 Å². The largest absolute Gasteiger partial charge is 0.356 e. The zero-order valence-corrected chi connectivity index (χ0v) is 18.2. The molecule has 2 atom stereocenters. The van der Waals surface area contributed by atoms with E-state index >= 15 is 0 Å². The second kappa shape index (κ2) is 12.3. The maximum atomic E-state index is 4.35. The molecule has 142 valence electrons. The van der Waals surface area contributed by atoms with E-state index in [4.69, 9.17) is 0 Å². The van der Waals surface area contributed by atoms with Crippen molar-refractivity contribution >= 4 is 29.9 Å². The van der Waals surface area contributed by atoms with Gasteiger partial charge in [0.2, 0.25) is 0 Å². The molecule has 2 unspecified atom stereocenters. The summed E-state index contributed by atoms with van der Waals surface area (Å²) in [6.45, 7) is 12.8. The summed E-state index contributed by atoms with van der Waals surface area (Å²) in [6, 6.07) is 0.769. The number of nitrogens with one attached hydrogen (secondary N) is 2. The summed E-state index contributed by atoms with van der Waals surface area (Å²) in [4.78, 5) is 9.52. The highest BCUT2D eigenvalue weighted by Crippen LogP contribution is 2.16. The summed E-state index contributed by atoms with van der Waals surface area (Å²) in [5.74, 6) is 1.73. The van der Waals surface area contributed by atoms with Crippen LogP contribution in [0.4, 0.5) is 0 Å². The molecule has 5 nitrogen and oxygen atoms in total. The monoisotopic (exact) mass is 451 g/mol. The minimum atomic E-state index is 0. The molecule has 0 aromatic heterocycles. The first-order chi connectivity index (χ1) is 11.2. The van der Waals surface area contributed by atoms with E-state index in [2.05, 4.69) is 39.3 Å². The lowest BCUT2D eigenvalue weighted by molar-refractivity contribution is 0.159. The molecule has 2 rings (SSSR count). The molecule has 2 aliphatic rings. The number of hydrogen-bond acceptors (Lipinski definition) is 3. The smallest absolute Gasteiger partial charge is 0.190 e. The van der Waals surface area contributed by atoms with Crippen molar-refractivity contribution in [3.05, 3.63) is 0 Å². The van der Waals surface area contributed by atoms with Gasteiger partial charge in [-0.3, -0.25) is 4.99 Å². The number of rotatable bonds is 7. The highest BCUT2D eigenvalue weighted by atomic mass is 127. The Morgan fingerprint density at radius 2 is 2.00 bits per heavy atom. The average molecular weight is 451 g/mol. The first-order valence-corrected chi connectivity index (χ1v) is 9.63. The van der Waals surface area contributed by atoms with Crippen LogP contribution in [0.5, 0.6) is 0 Å². The zero-order chi connectivity index (χ0) is 16.5. The van der Waals surface area contributed by atoms with Gasteiger partial charge in [0.25, 0.3) is 0 Å². The van der Waals surface area contributed by atoms with E-state index in [0.717, 1.165) is 31.0 Å². The Labute approximate surface area is 166 Å². The van der Waals surface area contributed by atoms with Crippen LogP contribution in [0.3, 0.4) is 0 Å². The molecule has 0 saturated carbocycles. The fourth-order valence-electron chi connectivity index (χ4n) is 3.81. The van der Waals surface area contributed by atoms with Crippen molar-refractivity contribution in [3.8, 4) is 0 Å². The van der Waals surface area contributed by atoms with Crippen LogP contribution >= 0.6 is 24.0 Å². The lowest BCUT2D eigenvalue weighted by atomic mass is 10.0. The molecule has 0 radical (unpaired) electrons. The first kappa shape index (κ1) is 22.0. The summed E-state index contributed by atoms with van der Waals surface area (Å²) in [5.41, 5.74) is 0. The molecule has 2 heterocycles. The van der Waals surface area contributed by atoms with E-state index in [-0.39, 0.29) is 24.0 Å². The summed E-state index contributed by atoms with van der Waals surface area (Å²) in [7, 11) is 1.87. The van der Waals surface area contributed by atoms with Crippen molar-refractivity contribution in [1.29, 1.82) is 0 Å². The third-order valence-corrected chi connectivity index (χ3v) is 5.45. The maximum absolute atomic E-state index is 4.35. The fourth-order valence-corrected chi connectivity index (χ4v) is 3.81. The molecule has 6 heteroatoms. The predicted molar refractivity (Wildman–Crippen MR) is 115 cm³/mol. The SMILES string of the molecule is CCN1CCC(CNC(=NC)NCCCN2CCCCC2C)C1.I. The highest BCUT2D eigenvalue weighted by Gasteiger charge is 2.21. The number of likely N-dealkylation sites (tertiary alicyclic amines) is 2. The first-order valence-electron chi connectivity index (χ1n) is 9.63. The summed E-state index contributed by atoms with van der Waals surface area (Å²) in [6.07, 6.45) is 6.65. The van der Waals surface area contributed by atoms with Crippen LogP contribution in [-0.4, -0.2) is 74.7 Å². The second-order valence-corrected chi connectivity index (χ2v) is 7.16. The predicted octanol–water partition coefficient (Wildman–Crippen LogP) is 2.38. The van der Waals surface area contributed by atoms with Gasteiger partial charge in [-0.25, -0.2) is 0 Å². The topological polar surface area (TPSA) is 42.9 Å². The Kier molecular flexibility index (Phi) is 11.3. The Balaban J connectivity index is 0.00000288. The van der Waals surface area contributed by atoms with Crippen LogP contribution in [0.15, 0.2) is 4.99 Å². The van der Waals surface area contributed by atoms with Gasteiger partial charge in [0.1, 0.15) is 0 Å². The van der Waals surface area contributed by atoms with Gasteiger partial charge in [-0.1, -0.05) is 13.3 Å². The average Bonchev–Trinajstić information content (AvgIpc) is 3.04. The van der Waals surface area contributed by atoms with E-state index in [1.807, 2.05) is 7.05 Å². The van der Waals surface area contributed by atoms with Crippen LogP contribution < -0.4 is 10.6 Å². The molecule has 2 N–H and O–H groups in total. The van der Waals surface area contributed by atoms with Gasteiger partial charge in [-0.05, 0) is 58.2 Å². The van der Waals surface area contributed by atoms with Crippen molar-refractivity contribution < 1.29 is 0 Å². The maximum Gasteiger partial charge on any atom is 0.190 e. The van der Waals surface area contributed by atoms with Crippen molar-refractivity contribution in [2.75, 3.05) is 52.9 Å². The van der Waals surface area contributed by atoms with Crippen molar-refractivity contribution in [2.45, 2.75) is 52.0 Å². The Morgan fingerprint density at radius 1 is 1.17 bits per heavy atom. The molecule has 2 fully saturated rings. The quantitative estimate of drug-likeness (QED) is 0.270. The molecule has 2 aliphatic heterocycles. The summed E-state index contributed by atoms with van der Waals surface area (Å²) < 4.78 is 0. The van der Waals surface area contributed by atoms with Crippen LogP contribution in [-0.2, 0) is 0 Å². The van der Waals surface area contributed by atoms with Crippen LogP contribution in [0.2, 0.25) is 0 Å². The van der Waals surface area contributed by atoms with E-state index in [9.17, 15) is 0 Å². The van der Waals surface area contributed by atoms with Crippen molar-refractivity contribution in [2.24, 2.45) is 10.9 Å². The Hall–Kier alpha value is -0.0800. The number of piperidine rings is 1. The normalized spacial score (nSPS) is 26.2. The molecular formula is C18H38IN5. The van der Waals surface area contributed by atoms with E-state index in [1.165, 1.54) is 64.8 Å². The number of hydrogen-bond donors (Lipinski definition) is 2. The number of halogens is 1. The zero-order valence-electron chi connectivity index (χ0n) is 15.9. The second-order valence-electron chi connectivity index (χ2n) is 7.16. The summed E-state index contributed by atoms with van der Waals surface area (Å²) in [5, 5.41) is 6.97. The number of nitrogens with zero attached hydrogens (tertiary/aromatic N) is 3. The lowest BCUT2D eigenvalue weighted by Crippen LogP contribution is -2.42. The molecule has 24 heavy (non-hydrogen) atoms. The molecule has 0 amide bonds. The van der Waals surface area contributed by atoms with Crippen LogP contribution in [0.25, 0.3) is 0 Å². The van der Waals surface area contributed by atoms with Crippen molar-refractivity contribution in [1.82, 2.24) is 20.4 Å². The van der Waals surface area contributed by atoms with Crippen molar-refractivity contribution in [3.63, 3.8) is 0 Å². The molecule has 0 aliphatic carbocycles. The molecule has 0 aromatic rings. The Bertz CT molecular complexity index is 363. The van der Waals surface area contributed by atoms with Gasteiger partial charge in [0, 0.05) is 39.3 Å². The van der Waals surface area contributed by atoms with E-state index in [0.29, 0.717) is 0 Å². The minimum absolute atomic E-state index is 0. The van der Waals surface area contributed by atoms with Gasteiger partial charge in [0.15, 0.2) is 5.96 Å². The van der Waals surface area contributed by atoms with E-state index in [1.54, 1.807) is 0 Å². The lowest BCUT2D eigenvalue weighted by Gasteiger charge is -2.33. The third kappa shape index (κ3) is 7.44. The molecular weight excluding hydrogens is 413 g/mol. The Morgan fingerprint density at radius 3 is 2.67 bits per heavy atom.